The van der Waals surface area contributed by atoms with Gasteiger partial charge in [0.25, 0.3) is 5.91 Å². The molecule has 152 valence electrons. The van der Waals surface area contributed by atoms with Crippen LogP contribution >= 0.6 is 11.3 Å². The minimum absolute atomic E-state index is 0.0671. The van der Waals surface area contributed by atoms with Crippen LogP contribution in [0, 0.1) is 0 Å². The van der Waals surface area contributed by atoms with Crippen LogP contribution in [0.5, 0.6) is 5.75 Å². The molecule has 5 heteroatoms. The van der Waals surface area contributed by atoms with Gasteiger partial charge in [0.2, 0.25) is 0 Å². The number of carbonyl (C=O) groups excluding carboxylic acids is 1. The Balaban J connectivity index is 1.59. The summed E-state index contributed by atoms with van der Waals surface area (Å²) >= 11 is 1.71. The lowest BCUT2D eigenvalue weighted by molar-refractivity contribution is 0.0922. The van der Waals surface area contributed by atoms with Gasteiger partial charge in [-0.15, -0.1) is 0 Å². The largest absolute Gasteiger partial charge is 0.493 e. The number of rotatable bonds is 7. The summed E-state index contributed by atoms with van der Waals surface area (Å²) in [5.74, 6) is 0.580. The topological polar surface area (TPSA) is 41.6 Å². The van der Waals surface area contributed by atoms with E-state index in [4.69, 9.17) is 4.74 Å². The average molecular weight is 409 g/mol. The molecule has 0 saturated carbocycles. The van der Waals surface area contributed by atoms with Crippen molar-refractivity contribution in [3.63, 3.8) is 0 Å². The van der Waals surface area contributed by atoms with Gasteiger partial charge >= 0.3 is 0 Å². The number of piperidine rings is 1. The third kappa shape index (κ3) is 4.46. The van der Waals surface area contributed by atoms with E-state index in [1.165, 1.54) is 24.8 Å². The Morgan fingerprint density at radius 3 is 2.72 bits per heavy atom. The first kappa shape index (κ1) is 19.9. The monoisotopic (exact) mass is 408 g/mol. The normalized spacial score (nSPS) is 15.9. The van der Waals surface area contributed by atoms with Crippen LogP contribution in [0.25, 0.3) is 10.8 Å². The molecule has 1 amide bonds. The first-order valence-corrected chi connectivity index (χ1v) is 11.4. The molecule has 0 bridgehead atoms. The maximum atomic E-state index is 13.3. The number of nitrogens with zero attached hydrogens (tertiary/aromatic N) is 1. The molecule has 1 aromatic heterocycles. The second-order valence-electron chi connectivity index (χ2n) is 7.47. The Morgan fingerprint density at radius 1 is 1.14 bits per heavy atom. The molecule has 0 spiro atoms. The van der Waals surface area contributed by atoms with Crippen LogP contribution in [-0.2, 0) is 0 Å². The molecule has 0 radical (unpaired) electrons. The summed E-state index contributed by atoms with van der Waals surface area (Å²) in [6.07, 6.45) is 3.76. The minimum Gasteiger partial charge on any atom is -0.493 e. The van der Waals surface area contributed by atoms with Crippen molar-refractivity contribution in [3.8, 4) is 5.75 Å². The molecule has 1 atom stereocenters. The van der Waals surface area contributed by atoms with Crippen LogP contribution in [-0.4, -0.2) is 37.0 Å². The van der Waals surface area contributed by atoms with Gasteiger partial charge in [0.15, 0.2) is 0 Å². The summed E-state index contributed by atoms with van der Waals surface area (Å²) in [6.45, 7) is 5.26. The number of thiophene rings is 1. The van der Waals surface area contributed by atoms with Crippen LogP contribution in [0.15, 0.2) is 53.2 Å². The van der Waals surface area contributed by atoms with Crippen molar-refractivity contribution in [2.24, 2.45) is 0 Å². The van der Waals surface area contributed by atoms with E-state index in [2.05, 4.69) is 27.0 Å². The third-order valence-corrected chi connectivity index (χ3v) is 6.33. The number of nitrogens with one attached hydrogen (secondary N) is 1. The van der Waals surface area contributed by atoms with E-state index in [-0.39, 0.29) is 11.9 Å². The van der Waals surface area contributed by atoms with Crippen molar-refractivity contribution < 1.29 is 9.53 Å². The van der Waals surface area contributed by atoms with Crippen LogP contribution in [0.2, 0.25) is 0 Å². The van der Waals surface area contributed by atoms with Gasteiger partial charge in [-0.2, -0.15) is 11.3 Å². The SMILES string of the molecule is CCOc1ccc2ccccc2c1C(=O)NCC(c1ccsc1)N1CCCCC1. The van der Waals surface area contributed by atoms with Crippen LogP contribution < -0.4 is 10.1 Å². The number of likely N-dealkylation sites (tertiary alicyclic amines) is 1. The summed E-state index contributed by atoms with van der Waals surface area (Å²) in [5.41, 5.74) is 1.92. The molecule has 1 unspecified atom stereocenters. The smallest absolute Gasteiger partial charge is 0.255 e. The van der Waals surface area contributed by atoms with E-state index >= 15 is 0 Å². The predicted molar refractivity (Wildman–Crippen MR) is 120 cm³/mol. The fourth-order valence-corrected chi connectivity index (χ4v) is 4.90. The summed E-state index contributed by atoms with van der Waals surface area (Å²) in [7, 11) is 0. The molecular formula is C24H28N2O2S. The molecule has 1 aliphatic rings. The number of hydrogen-bond donors (Lipinski definition) is 1. The highest BCUT2D eigenvalue weighted by atomic mass is 32.1. The number of amides is 1. The second kappa shape index (κ2) is 9.42. The molecule has 2 aromatic carbocycles. The highest BCUT2D eigenvalue weighted by Gasteiger charge is 2.24. The van der Waals surface area contributed by atoms with E-state index in [1.807, 2.05) is 43.3 Å². The van der Waals surface area contributed by atoms with Crippen molar-refractivity contribution in [2.75, 3.05) is 26.2 Å². The lowest BCUT2D eigenvalue weighted by Gasteiger charge is -2.34. The van der Waals surface area contributed by atoms with Gasteiger partial charge in [-0.05, 0) is 72.1 Å². The van der Waals surface area contributed by atoms with Crippen molar-refractivity contribution in [1.82, 2.24) is 10.2 Å². The highest BCUT2D eigenvalue weighted by Crippen LogP contribution is 2.29. The Labute approximate surface area is 176 Å². The summed E-state index contributed by atoms with van der Waals surface area (Å²) in [4.78, 5) is 15.8. The van der Waals surface area contributed by atoms with E-state index in [0.29, 0.717) is 24.5 Å². The predicted octanol–water partition coefficient (Wildman–Crippen LogP) is 5.26. The van der Waals surface area contributed by atoms with Crippen LogP contribution in [0.4, 0.5) is 0 Å². The van der Waals surface area contributed by atoms with Crippen LogP contribution in [0.1, 0.15) is 48.1 Å². The van der Waals surface area contributed by atoms with Crippen molar-refractivity contribution in [1.29, 1.82) is 0 Å². The molecule has 2 heterocycles. The fourth-order valence-electron chi connectivity index (χ4n) is 4.19. The van der Waals surface area contributed by atoms with E-state index in [1.54, 1.807) is 11.3 Å². The Morgan fingerprint density at radius 2 is 1.97 bits per heavy atom. The van der Waals surface area contributed by atoms with E-state index < -0.39 is 0 Å². The quantitative estimate of drug-likeness (QED) is 0.580. The molecule has 1 saturated heterocycles. The summed E-state index contributed by atoms with van der Waals surface area (Å²) in [6, 6.07) is 14.3. The molecule has 1 N–H and O–H groups in total. The maximum absolute atomic E-state index is 13.3. The Bertz CT molecular complexity index is 949. The summed E-state index contributed by atoms with van der Waals surface area (Å²) < 4.78 is 5.79. The van der Waals surface area contributed by atoms with Gasteiger partial charge in [0, 0.05) is 6.54 Å². The standard InChI is InChI=1S/C24H28N2O2S/c1-2-28-22-11-10-18-8-4-5-9-20(18)23(22)24(27)25-16-21(19-12-15-29-17-19)26-13-6-3-7-14-26/h4-5,8-12,15,17,21H,2-3,6-7,13-14,16H2,1H3,(H,25,27). The van der Waals surface area contributed by atoms with Crippen molar-refractivity contribution >= 4 is 28.0 Å². The number of carbonyl (C=O) groups is 1. The second-order valence-corrected chi connectivity index (χ2v) is 8.25. The van der Waals surface area contributed by atoms with Gasteiger partial charge in [0.05, 0.1) is 18.2 Å². The third-order valence-electron chi connectivity index (χ3n) is 5.63. The molecule has 4 nitrogen and oxygen atoms in total. The molecular weight excluding hydrogens is 380 g/mol. The molecule has 4 rings (SSSR count). The zero-order valence-corrected chi connectivity index (χ0v) is 17.7. The zero-order chi connectivity index (χ0) is 20.1. The first-order chi connectivity index (χ1) is 14.3. The molecule has 0 aliphatic carbocycles. The highest BCUT2D eigenvalue weighted by molar-refractivity contribution is 7.08. The van der Waals surface area contributed by atoms with Gasteiger partial charge in [-0.1, -0.05) is 36.8 Å². The van der Waals surface area contributed by atoms with Gasteiger partial charge in [0.1, 0.15) is 5.75 Å². The van der Waals surface area contributed by atoms with Crippen molar-refractivity contribution in [3.05, 3.63) is 64.4 Å². The number of ether oxygens (including phenoxy) is 1. The minimum atomic E-state index is -0.0671. The fraction of sp³-hybridized carbons (Fsp3) is 0.375. The zero-order valence-electron chi connectivity index (χ0n) is 16.9. The summed E-state index contributed by atoms with van der Waals surface area (Å²) in [5, 5.41) is 9.52. The molecule has 29 heavy (non-hydrogen) atoms. The van der Waals surface area contributed by atoms with Gasteiger partial charge < -0.3 is 10.1 Å². The van der Waals surface area contributed by atoms with Crippen molar-refractivity contribution in [2.45, 2.75) is 32.2 Å². The first-order valence-electron chi connectivity index (χ1n) is 10.5. The van der Waals surface area contributed by atoms with Gasteiger partial charge in [-0.25, -0.2) is 0 Å². The number of fused-ring (bicyclic) bond motifs is 1. The molecule has 3 aromatic rings. The van der Waals surface area contributed by atoms with E-state index in [9.17, 15) is 4.79 Å². The number of hydrogen-bond acceptors (Lipinski definition) is 4. The lowest BCUT2D eigenvalue weighted by Crippen LogP contribution is -2.40. The lowest BCUT2D eigenvalue weighted by atomic mass is 10.0. The average Bonchev–Trinajstić information content (AvgIpc) is 3.29. The molecule has 1 aliphatic heterocycles. The van der Waals surface area contributed by atoms with Crippen LogP contribution in [0.3, 0.4) is 0 Å². The Hall–Kier alpha value is -2.37. The molecule has 1 fully saturated rings. The van der Waals surface area contributed by atoms with E-state index in [0.717, 1.165) is 23.9 Å². The Kier molecular flexibility index (Phi) is 6.47. The maximum Gasteiger partial charge on any atom is 0.255 e. The number of benzene rings is 2. The van der Waals surface area contributed by atoms with Gasteiger partial charge in [-0.3, -0.25) is 9.69 Å².